The van der Waals surface area contributed by atoms with E-state index in [1.807, 2.05) is 12.1 Å². The van der Waals surface area contributed by atoms with Crippen molar-refractivity contribution < 1.29 is 4.42 Å². The molecule has 156 valence electrons. The molecule has 0 fully saturated rings. The molecule has 6 aromatic carbocycles. The molecule has 0 aliphatic carbocycles. The van der Waals surface area contributed by atoms with Gasteiger partial charge in [-0.3, -0.25) is 0 Å². The normalized spacial score (nSPS) is 11.8. The summed E-state index contributed by atoms with van der Waals surface area (Å²) >= 11 is 0. The van der Waals surface area contributed by atoms with Crippen LogP contribution in [0.15, 0.2) is 114 Å². The van der Waals surface area contributed by atoms with Gasteiger partial charge in [0.25, 0.3) is 0 Å². The van der Waals surface area contributed by atoms with Gasteiger partial charge in [-0.25, -0.2) is 0 Å². The van der Waals surface area contributed by atoms with Crippen LogP contribution in [0.3, 0.4) is 0 Å². The molecule has 0 aliphatic rings. The standard InChI is InChI=1S/C31H21NO/c1-32-27-16-8-9-17-28(27)33-29-19-18-26-24-14-5-4-12-22(24)20-10-2-3-11-21(20)23-13-6-7-15-25(23)30(26)31(29)32/h2-19H,1H3. The molecule has 0 atom stereocenters. The molecule has 0 amide bonds. The van der Waals surface area contributed by atoms with E-state index in [0.717, 1.165) is 22.2 Å². The Kier molecular flexibility index (Phi) is 3.80. The first kappa shape index (κ1) is 18.3. The minimum atomic E-state index is 0.885. The van der Waals surface area contributed by atoms with Gasteiger partial charge in [0, 0.05) is 12.4 Å². The molecule has 0 spiro atoms. The maximum absolute atomic E-state index is 6.42. The van der Waals surface area contributed by atoms with E-state index in [-0.39, 0.29) is 0 Å². The zero-order valence-corrected chi connectivity index (χ0v) is 18.2. The van der Waals surface area contributed by atoms with Crippen molar-refractivity contribution in [1.29, 1.82) is 0 Å². The topological polar surface area (TPSA) is 18.1 Å². The Morgan fingerprint density at radius 3 is 1.52 bits per heavy atom. The van der Waals surface area contributed by atoms with Gasteiger partial charge in [0.15, 0.2) is 11.2 Å². The Bertz CT molecular complexity index is 1880. The van der Waals surface area contributed by atoms with Crippen LogP contribution in [0.4, 0.5) is 0 Å². The maximum atomic E-state index is 6.42. The van der Waals surface area contributed by atoms with E-state index >= 15 is 0 Å². The molecular weight excluding hydrogens is 402 g/mol. The minimum absolute atomic E-state index is 0.885. The Hall–Kier alpha value is -4.30. The molecule has 2 heteroatoms. The molecule has 33 heavy (non-hydrogen) atoms. The monoisotopic (exact) mass is 423 g/mol. The molecule has 0 N–H and O–H groups in total. The van der Waals surface area contributed by atoms with Crippen LogP contribution in [0.5, 0.6) is 0 Å². The van der Waals surface area contributed by atoms with E-state index < -0.39 is 0 Å². The lowest BCUT2D eigenvalue weighted by Crippen LogP contribution is -1.97. The second kappa shape index (κ2) is 6.85. The van der Waals surface area contributed by atoms with Crippen molar-refractivity contribution in [1.82, 2.24) is 4.57 Å². The summed E-state index contributed by atoms with van der Waals surface area (Å²) in [6.45, 7) is 0. The van der Waals surface area contributed by atoms with E-state index in [0.29, 0.717) is 0 Å². The molecule has 1 heterocycles. The van der Waals surface area contributed by atoms with Crippen molar-refractivity contribution in [2.45, 2.75) is 0 Å². The van der Waals surface area contributed by atoms with Gasteiger partial charge in [-0.15, -0.1) is 0 Å². The van der Waals surface area contributed by atoms with Crippen molar-refractivity contribution in [2.75, 3.05) is 0 Å². The summed E-state index contributed by atoms with van der Waals surface area (Å²) in [5.74, 6) is 0. The molecular formula is C31H21NO. The van der Waals surface area contributed by atoms with Crippen LogP contribution in [0.25, 0.3) is 65.3 Å². The zero-order chi connectivity index (χ0) is 21.9. The van der Waals surface area contributed by atoms with Gasteiger partial charge < -0.3 is 8.98 Å². The second-order valence-electron chi connectivity index (χ2n) is 8.60. The predicted molar refractivity (Wildman–Crippen MR) is 140 cm³/mol. The third kappa shape index (κ3) is 2.55. The molecule has 0 bridgehead atoms. The van der Waals surface area contributed by atoms with E-state index in [4.69, 9.17) is 4.42 Å². The van der Waals surface area contributed by atoms with Gasteiger partial charge >= 0.3 is 0 Å². The van der Waals surface area contributed by atoms with Gasteiger partial charge in [0.1, 0.15) is 0 Å². The average Bonchev–Trinajstić information content (AvgIpc) is 2.87. The van der Waals surface area contributed by atoms with Crippen LogP contribution in [-0.2, 0) is 7.05 Å². The fraction of sp³-hybridized carbons (Fsp3) is 0.0323. The highest BCUT2D eigenvalue weighted by Gasteiger charge is 2.14. The number of para-hydroxylation sites is 2. The van der Waals surface area contributed by atoms with E-state index in [1.54, 1.807) is 0 Å². The fourth-order valence-corrected chi connectivity index (χ4v) is 5.39. The number of aromatic nitrogens is 1. The lowest BCUT2D eigenvalue weighted by atomic mass is 9.94. The van der Waals surface area contributed by atoms with Crippen molar-refractivity contribution in [2.24, 2.45) is 7.05 Å². The molecule has 7 aromatic rings. The van der Waals surface area contributed by atoms with Crippen molar-refractivity contribution in [3.8, 4) is 0 Å². The van der Waals surface area contributed by atoms with Crippen LogP contribution in [0.1, 0.15) is 0 Å². The summed E-state index contributed by atoms with van der Waals surface area (Å²) in [5.41, 5.74) is 3.95. The number of rotatable bonds is 0. The lowest BCUT2D eigenvalue weighted by Gasteiger charge is -2.15. The highest BCUT2D eigenvalue weighted by atomic mass is 16.3. The summed E-state index contributed by atoms with van der Waals surface area (Å²) in [6, 6.07) is 38.8. The molecule has 2 nitrogen and oxygen atoms in total. The quantitative estimate of drug-likeness (QED) is 0.223. The van der Waals surface area contributed by atoms with E-state index in [1.165, 1.54) is 43.1 Å². The molecule has 0 saturated heterocycles. The van der Waals surface area contributed by atoms with Gasteiger partial charge in [-0.05, 0) is 62.0 Å². The zero-order valence-electron chi connectivity index (χ0n) is 18.2. The molecule has 7 rings (SSSR count). The summed E-state index contributed by atoms with van der Waals surface area (Å²) in [4.78, 5) is 0. The lowest BCUT2D eigenvalue weighted by molar-refractivity contribution is 0.650. The maximum Gasteiger partial charge on any atom is 0.151 e. The van der Waals surface area contributed by atoms with Crippen molar-refractivity contribution in [3.63, 3.8) is 0 Å². The second-order valence-corrected chi connectivity index (χ2v) is 8.60. The third-order valence-corrected chi connectivity index (χ3v) is 6.84. The van der Waals surface area contributed by atoms with Crippen LogP contribution < -0.4 is 0 Å². The highest BCUT2D eigenvalue weighted by molar-refractivity contribution is 6.30. The van der Waals surface area contributed by atoms with Crippen molar-refractivity contribution in [3.05, 3.63) is 109 Å². The molecule has 0 unspecified atom stereocenters. The number of hydrogen-bond acceptors (Lipinski definition) is 1. The highest BCUT2D eigenvalue weighted by Crippen LogP contribution is 2.39. The number of benzene rings is 5. The van der Waals surface area contributed by atoms with E-state index in [9.17, 15) is 0 Å². The largest absolute Gasteiger partial charge is 0.453 e. The number of aryl methyl sites for hydroxylation is 1. The summed E-state index contributed by atoms with van der Waals surface area (Å²) in [6.07, 6.45) is 0. The van der Waals surface area contributed by atoms with Gasteiger partial charge in [0.2, 0.25) is 0 Å². The van der Waals surface area contributed by atoms with Gasteiger partial charge in [0.05, 0.1) is 11.0 Å². The Balaban J connectivity index is 1.93. The van der Waals surface area contributed by atoms with Gasteiger partial charge in [-0.2, -0.15) is 0 Å². The first-order valence-electron chi connectivity index (χ1n) is 11.3. The van der Waals surface area contributed by atoms with E-state index in [2.05, 4.69) is 109 Å². The Labute approximate surface area is 190 Å². The average molecular weight is 424 g/mol. The Morgan fingerprint density at radius 2 is 0.909 bits per heavy atom. The Morgan fingerprint density at radius 1 is 0.455 bits per heavy atom. The predicted octanol–water partition coefficient (Wildman–Crippen LogP) is 8.66. The SMILES string of the molecule is Cn1c2ccccc2oc2ccc3c4ccccc4c4ccccc4c4ccccc4c3c21. The first-order chi connectivity index (χ1) is 16.3. The number of fused-ring (bicyclic) bond motifs is 11. The molecule has 1 aromatic heterocycles. The molecule has 0 saturated carbocycles. The van der Waals surface area contributed by atoms with Crippen LogP contribution >= 0.6 is 0 Å². The summed E-state index contributed by atoms with van der Waals surface area (Å²) < 4.78 is 8.69. The smallest absolute Gasteiger partial charge is 0.151 e. The summed E-state index contributed by atoms with van der Waals surface area (Å²) in [7, 11) is 2.14. The van der Waals surface area contributed by atoms with Crippen molar-refractivity contribution >= 4 is 65.3 Å². The minimum Gasteiger partial charge on any atom is -0.453 e. The third-order valence-electron chi connectivity index (χ3n) is 6.84. The van der Waals surface area contributed by atoms with Crippen LogP contribution in [0.2, 0.25) is 0 Å². The molecule has 0 aliphatic heterocycles. The van der Waals surface area contributed by atoms with Gasteiger partial charge in [-0.1, -0.05) is 84.9 Å². The number of hydrogen-bond donors (Lipinski definition) is 0. The fourth-order valence-electron chi connectivity index (χ4n) is 5.39. The number of nitrogens with zero attached hydrogens (tertiary/aromatic N) is 1. The van der Waals surface area contributed by atoms with Crippen LogP contribution in [-0.4, -0.2) is 4.57 Å². The molecule has 0 radical (unpaired) electrons. The van der Waals surface area contributed by atoms with Crippen LogP contribution in [0, 0.1) is 0 Å². The summed E-state index contributed by atoms with van der Waals surface area (Å²) in [5, 5.41) is 9.91. The first-order valence-corrected chi connectivity index (χ1v) is 11.3.